The van der Waals surface area contributed by atoms with Crippen molar-refractivity contribution >= 4 is 25.8 Å². The molecule has 1 amide bonds. The van der Waals surface area contributed by atoms with E-state index >= 15 is 0 Å². The van der Waals surface area contributed by atoms with E-state index in [9.17, 15) is 21.6 Å². The van der Waals surface area contributed by atoms with Crippen molar-refractivity contribution in [1.29, 1.82) is 0 Å². The van der Waals surface area contributed by atoms with Gasteiger partial charge in [-0.2, -0.15) is 0 Å². The normalized spacial score (nSPS) is 23.1. The SMILES string of the molecule is CN(C(=O)c1ccc(S(=O)(=O)NC2CC2)cc1)[C@@H]1CCS(=O)(=O)C1. The fourth-order valence-corrected chi connectivity index (χ4v) is 5.79. The minimum atomic E-state index is -3.55. The van der Waals surface area contributed by atoms with E-state index < -0.39 is 19.9 Å². The van der Waals surface area contributed by atoms with Crippen LogP contribution in [0.15, 0.2) is 29.2 Å². The van der Waals surface area contributed by atoms with Crippen molar-refractivity contribution in [2.45, 2.75) is 36.2 Å². The Morgan fingerprint density at radius 2 is 1.79 bits per heavy atom. The van der Waals surface area contributed by atoms with Crippen LogP contribution >= 0.6 is 0 Å². The molecule has 1 aliphatic carbocycles. The second-order valence-corrected chi connectivity index (χ2v) is 10.3. The maximum atomic E-state index is 12.5. The van der Waals surface area contributed by atoms with Gasteiger partial charge in [0.1, 0.15) is 0 Å². The molecule has 2 fully saturated rings. The summed E-state index contributed by atoms with van der Waals surface area (Å²) in [5.74, 6) is -0.233. The maximum absolute atomic E-state index is 12.5. The highest BCUT2D eigenvalue weighted by Gasteiger charge is 2.33. The molecule has 0 aromatic heterocycles. The molecular weight excluding hydrogens is 352 g/mol. The Morgan fingerprint density at radius 1 is 1.17 bits per heavy atom. The highest BCUT2D eigenvalue weighted by molar-refractivity contribution is 7.91. The van der Waals surface area contributed by atoms with Crippen LogP contribution in [0.2, 0.25) is 0 Å². The summed E-state index contributed by atoms with van der Waals surface area (Å²) in [6.45, 7) is 0. The summed E-state index contributed by atoms with van der Waals surface area (Å²) in [7, 11) is -5.04. The number of hydrogen-bond donors (Lipinski definition) is 1. The second kappa shape index (κ2) is 6.12. The maximum Gasteiger partial charge on any atom is 0.253 e. The number of rotatable bonds is 5. The van der Waals surface area contributed by atoms with Crippen LogP contribution in [0, 0.1) is 0 Å². The third-order valence-electron chi connectivity index (χ3n) is 4.39. The van der Waals surface area contributed by atoms with Crippen LogP contribution in [-0.4, -0.2) is 58.3 Å². The first-order valence-electron chi connectivity index (χ1n) is 7.78. The van der Waals surface area contributed by atoms with Crippen LogP contribution in [0.1, 0.15) is 29.6 Å². The van der Waals surface area contributed by atoms with E-state index in [-0.39, 0.29) is 34.4 Å². The lowest BCUT2D eigenvalue weighted by molar-refractivity contribution is 0.0747. The number of hydrogen-bond acceptors (Lipinski definition) is 5. The summed E-state index contributed by atoms with van der Waals surface area (Å²) in [4.78, 5) is 14.0. The first-order chi connectivity index (χ1) is 11.2. The second-order valence-electron chi connectivity index (χ2n) is 6.39. The molecule has 1 saturated carbocycles. The third-order valence-corrected chi connectivity index (χ3v) is 7.67. The molecule has 1 aliphatic heterocycles. The standard InChI is InChI=1S/C15H20N2O5S2/c1-17(13-8-9-23(19,20)10-13)15(18)11-2-6-14(7-3-11)24(21,22)16-12-4-5-12/h2-3,6-7,12-13,16H,4-5,8-10H2,1H3/t13-/m1/s1. The van der Waals surface area contributed by atoms with Crippen molar-refractivity contribution in [2.75, 3.05) is 18.6 Å². The van der Waals surface area contributed by atoms with E-state index in [2.05, 4.69) is 4.72 Å². The van der Waals surface area contributed by atoms with Gasteiger partial charge in [-0.15, -0.1) is 0 Å². The highest BCUT2D eigenvalue weighted by Crippen LogP contribution is 2.23. The number of nitrogens with zero attached hydrogens (tertiary/aromatic N) is 1. The number of sulfone groups is 1. The summed E-state index contributed by atoms with van der Waals surface area (Å²) in [5, 5.41) is 0. The predicted molar refractivity (Wildman–Crippen MR) is 88.9 cm³/mol. The van der Waals surface area contributed by atoms with Crippen molar-refractivity contribution < 1.29 is 21.6 Å². The monoisotopic (exact) mass is 372 g/mol. The van der Waals surface area contributed by atoms with Crippen molar-refractivity contribution in [3.63, 3.8) is 0 Å². The zero-order chi connectivity index (χ0) is 17.5. The van der Waals surface area contributed by atoms with Gasteiger partial charge in [0.2, 0.25) is 10.0 Å². The lowest BCUT2D eigenvalue weighted by Crippen LogP contribution is -2.37. The lowest BCUT2D eigenvalue weighted by Gasteiger charge is -2.23. The molecule has 0 bridgehead atoms. The Bertz CT molecular complexity index is 842. The van der Waals surface area contributed by atoms with E-state index in [1.165, 1.54) is 29.2 Å². The molecule has 0 unspecified atom stereocenters. The summed E-state index contributed by atoms with van der Waals surface area (Å²) >= 11 is 0. The van der Waals surface area contributed by atoms with E-state index in [0.717, 1.165) is 12.8 Å². The van der Waals surface area contributed by atoms with Crippen LogP contribution in [-0.2, 0) is 19.9 Å². The average molecular weight is 372 g/mol. The van der Waals surface area contributed by atoms with Gasteiger partial charge in [-0.1, -0.05) is 0 Å². The van der Waals surface area contributed by atoms with Gasteiger partial charge in [-0.3, -0.25) is 4.79 Å². The minimum Gasteiger partial charge on any atom is -0.338 e. The largest absolute Gasteiger partial charge is 0.338 e. The first kappa shape index (κ1) is 17.4. The molecule has 7 nitrogen and oxygen atoms in total. The van der Waals surface area contributed by atoms with Crippen LogP contribution in [0.5, 0.6) is 0 Å². The summed E-state index contributed by atoms with van der Waals surface area (Å²) in [5.41, 5.74) is 0.340. The molecule has 3 rings (SSSR count). The molecule has 2 aliphatic rings. The Labute approximate surface area is 142 Å². The van der Waals surface area contributed by atoms with Gasteiger partial charge in [-0.05, 0) is 43.5 Å². The Kier molecular flexibility index (Phi) is 4.43. The fraction of sp³-hybridized carbons (Fsp3) is 0.533. The van der Waals surface area contributed by atoms with Gasteiger partial charge in [0.25, 0.3) is 5.91 Å². The molecule has 1 aromatic rings. The highest BCUT2D eigenvalue weighted by atomic mass is 32.2. The molecule has 132 valence electrons. The van der Waals surface area contributed by atoms with E-state index in [1.54, 1.807) is 7.05 Å². The summed E-state index contributed by atoms with van der Waals surface area (Å²) < 4.78 is 49.9. The summed E-state index contributed by atoms with van der Waals surface area (Å²) in [6, 6.07) is 5.41. The van der Waals surface area contributed by atoms with E-state index in [4.69, 9.17) is 0 Å². The molecule has 9 heteroatoms. The Hall–Kier alpha value is -1.45. The number of sulfonamides is 1. The molecule has 0 radical (unpaired) electrons. The van der Waals surface area contributed by atoms with Crippen LogP contribution in [0.3, 0.4) is 0 Å². The molecule has 1 heterocycles. The lowest BCUT2D eigenvalue weighted by atomic mass is 10.1. The molecule has 1 N–H and O–H groups in total. The quantitative estimate of drug-likeness (QED) is 0.806. The van der Waals surface area contributed by atoms with Gasteiger partial charge in [0.05, 0.1) is 16.4 Å². The van der Waals surface area contributed by atoms with E-state index in [0.29, 0.717) is 12.0 Å². The average Bonchev–Trinajstić information content (AvgIpc) is 3.25. The van der Waals surface area contributed by atoms with Crippen LogP contribution in [0.25, 0.3) is 0 Å². The van der Waals surface area contributed by atoms with E-state index in [1.807, 2.05) is 0 Å². The predicted octanol–water partition coefficient (Wildman–Crippen LogP) is 0.386. The molecule has 0 spiro atoms. The van der Waals surface area contributed by atoms with Crippen molar-refractivity contribution in [3.05, 3.63) is 29.8 Å². The zero-order valence-electron chi connectivity index (χ0n) is 13.3. The van der Waals surface area contributed by atoms with Gasteiger partial charge >= 0.3 is 0 Å². The van der Waals surface area contributed by atoms with Crippen molar-refractivity contribution in [1.82, 2.24) is 9.62 Å². The van der Waals surface area contributed by atoms with Gasteiger partial charge in [-0.25, -0.2) is 21.6 Å². The number of carbonyl (C=O) groups excluding carboxylic acids is 1. The fourth-order valence-electron chi connectivity index (χ4n) is 2.72. The minimum absolute atomic E-state index is 0.0201. The summed E-state index contributed by atoms with van der Waals surface area (Å²) in [6.07, 6.45) is 2.14. The molecule has 1 atom stereocenters. The van der Waals surface area contributed by atoms with Crippen molar-refractivity contribution in [2.24, 2.45) is 0 Å². The van der Waals surface area contributed by atoms with Crippen LogP contribution in [0.4, 0.5) is 0 Å². The molecule has 1 aromatic carbocycles. The topological polar surface area (TPSA) is 101 Å². The third kappa shape index (κ3) is 3.79. The molecule has 1 saturated heterocycles. The number of nitrogens with one attached hydrogen (secondary N) is 1. The molecule has 24 heavy (non-hydrogen) atoms. The number of carbonyl (C=O) groups is 1. The van der Waals surface area contributed by atoms with Crippen molar-refractivity contribution in [3.8, 4) is 0 Å². The first-order valence-corrected chi connectivity index (χ1v) is 11.1. The Morgan fingerprint density at radius 3 is 2.29 bits per heavy atom. The zero-order valence-corrected chi connectivity index (χ0v) is 14.9. The Balaban J connectivity index is 1.72. The van der Waals surface area contributed by atoms with Gasteiger partial charge in [0, 0.05) is 24.7 Å². The van der Waals surface area contributed by atoms with Crippen LogP contribution < -0.4 is 4.72 Å². The van der Waals surface area contributed by atoms with Gasteiger partial charge < -0.3 is 4.90 Å². The number of benzene rings is 1. The van der Waals surface area contributed by atoms with Gasteiger partial charge in [0.15, 0.2) is 9.84 Å². The molecular formula is C15H20N2O5S2. The smallest absolute Gasteiger partial charge is 0.253 e. The number of amides is 1.